The van der Waals surface area contributed by atoms with Gasteiger partial charge in [0.05, 0.1) is 6.21 Å². The van der Waals surface area contributed by atoms with Gasteiger partial charge in [-0.2, -0.15) is 25.5 Å². The predicted molar refractivity (Wildman–Crippen MR) is 65.5 cm³/mol. The van der Waals surface area contributed by atoms with Gasteiger partial charge in [0, 0.05) is 5.56 Å². The Kier molecular flexibility index (Phi) is 2.63. The average Bonchev–Trinajstić information content (AvgIpc) is 3.09. The number of nitrogens with one attached hydrogen (secondary N) is 2. The third-order valence-electron chi connectivity index (χ3n) is 2.33. The van der Waals surface area contributed by atoms with Crippen molar-refractivity contribution in [3.8, 4) is 11.3 Å². The van der Waals surface area contributed by atoms with Crippen LogP contribution in [0.2, 0.25) is 0 Å². The molecule has 0 unspecified atom stereocenters. The van der Waals surface area contributed by atoms with Crippen LogP contribution in [0.4, 0.5) is 5.95 Å². The number of nitrogens with zero attached hydrogens (tertiary/aromatic N) is 5. The van der Waals surface area contributed by atoms with E-state index in [1.54, 1.807) is 6.21 Å². The summed E-state index contributed by atoms with van der Waals surface area (Å²) in [6, 6.07) is 9.77. The lowest BCUT2D eigenvalue weighted by atomic mass is 10.1. The SMILES string of the molecule is C(=Nc1ncn[nH]1)c1n[nH]nc1-c1ccccc1. The molecule has 7 heteroatoms. The molecule has 0 atom stereocenters. The van der Waals surface area contributed by atoms with Crippen LogP contribution in [0.3, 0.4) is 0 Å². The Hall–Kier alpha value is -2.83. The zero-order chi connectivity index (χ0) is 12.2. The van der Waals surface area contributed by atoms with Gasteiger partial charge in [0.2, 0.25) is 5.95 Å². The zero-order valence-electron chi connectivity index (χ0n) is 9.28. The second kappa shape index (κ2) is 4.58. The number of aromatic amines is 2. The van der Waals surface area contributed by atoms with E-state index in [0.29, 0.717) is 11.6 Å². The molecular weight excluding hydrogens is 230 g/mol. The lowest BCUT2D eigenvalue weighted by Crippen LogP contribution is -1.86. The minimum Gasteiger partial charge on any atom is -0.244 e. The molecule has 1 aromatic carbocycles. The van der Waals surface area contributed by atoms with Crippen LogP contribution in [0.5, 0.6) is 0 Å². The Morgan fingerprint density at radius 3 is 2.78 bits per heavy atom. The molecular formula is C11H9N7. The van der Waals surface area contributed by atoms with E-state index in [1.807, 2.05) is 30.3 Å². The number of benzene rings is 1. The van der Waals surface area contributed by atoms with Crippen molar-refractivity contribution in [1.82, 2.24) is 30.6 Å². The fourth-order valence-corrected chi connectivity index (χ4v) is 1.52. The highest BCUT2D eigenvalue weighted by molar-refractivity contribution is 5.87. The van der Waals surface area contributed by atoms with Crippen molar-refractivity contribution in [1.29, 1.82) is 0 Å². The topological polar surface area (TPSA) is 95.5 Å². The first-order valence-corrected chi connectivity index (χ1v) is 5.29. The third-order valence-corrected chi connectivity index (χ3v) is 2.33. The first kappa shape index (κ1) is 10.3. The summed E-state index contributed by atoms with van der Waals surface area (Å²) in [5.41, 5.74) is 2.38. The van der Waals surface area contributed by atoms with Gasteiger partial charge in [-0.15, -0.1) is 0 Å². The Morgan fingerprint density at radius 1 is 1.11 bits per heavy atom. The minimum absolute atomic E-state index is 0.428. The van der Waals surface area contributed by atoms with Gasteiger partial charge in [-0.1, -0.05) is 30.3 Å². The Balaban J connectivity index is 1.93. The molecule has 0 aliphatic heterocycles. The monoisotopic (exact) mass is 239 g/mol. The maximum atomic E-state index is 4.12. The average molecular weight is 239 g/mol. The van der Waals surface area contributed by atoms with Gasteiger partial charge < -0.3 is 0 Å². The van der Waals surface area contributed by atoms with Crippen molar-refractivity contribution in [3.63, 3.8) is 0 Å². The quantitative estimate of drug-likeness (QED) is 0.674. The van der Waals surface area contributed by atoms with Crippen molar-refractivity contribution >= 4 is 12.2 Å². The second-order valence-corrected chi connectivity index (χ2v) is 3.49. The van der Waals surface area contributed by atoms with Crippen LogP contribution in [0, 0.1) is 0 Å². The Morgan fingerprint density at radius 2 is 2.00 bits per heavy atom. The summed E-state index contributed by atoms with van der Waals surface area (Å²) < 4.78 is 0. The number of hydrogen-bond donors (Lipinski definition) is 2. The predicted octanol–water partition coefficient (Wildman–Crippen LogP) is 1.34. The van der Waals surface area contributed by atoms with Crippen LogP contribution >= 0.6 is 0 Å². The van der Waals surface area contributed by atoms with Crippen LogP contribution in [0.25, 0.3) is 11.3 Å². The standard InChI is InChI=1S/C11H9N7/c1-2-4-8(5-3-1)10-9(15-18-16-10)6-12-11-13-7-14-17-11/h1-7H,(H,13,14,17)(H,15,16,18). The highest BCUT2D eigenvalue weighted by Gasteiger charge is 2.07. The van der Waals surface area contributed by atoms with Crippen LogP contribution in [0.15, 0.2) is 41.7 Å². The van der Waals surface area contributed by atoms with Gasteiger partial charge >= 0.3 is 0 Å². The molecule has 2 heterocycles. The van der Waals surface area contributed by atoms with Crippen molar-refractivity contribution in [3.05, 3.63) is 42.4 Å². The summed E-state index contributed by atoms with van der Waals surface area (Å²) in [6.07, 6.45) is 2.99. The van der Waals surface area contributed by atoms with Crippen molar-refractivity contribution < 1.29 is 0 Å². The van der Waals surface area contributed by atoms with Crippen LogP contribution in [0.1, 0.15) is 5.69 Å². The van der Waals surface area contributed by atoms with E-state index in [2.05, 4.69) is 35.6 Å². The Labute approximate surface area is 102 Å². The molecule has 18 heavy (non-hydrogen) atoms. The Bertz CT molecular complexity index is 639. The molecule has 0 saturated heterocycles. The number of hydrogen-bond acceptors (Lipinski definition) is 5. The zero-order valence-corrected chi connectivity index (χ0v) is 9.28. The van der Waals surface area contributed by atoms with E-state index in [4.69, 9.17) is 0 Å². The number of aliphatic imine (C=N–C) groups is 1. The number of H-pyrrole nitrogens is 2. The molecule has 2 N–H and O–H groups in total. The van der Waals surface area contributed by atoms with Crippen LogP contribution in [-0.4, -0.2) is 36.8 Å². The highest BCUT2D eigenvalue weighted by atomic mass is 15.3. The first-order chi connectivity index (χ1) is 8.93. The summed E-state index contributed by atoms with van der Waals surface area (Å²) in [5.74, 6) is 0.428. The van der Waals surface area contributed by atoms with E-state index in [1.165, 1.54) is 6.33 Å². The van der Waals surface area contributed by atoms with Crippen LogP contribution in [-0.2, 0) is 0 Å². The fraction of sp³-hybridized carbons (Fsp3) is 0. The molecule has 88 valence electrons. The van der Waals surface area contributed by atoms with Gasteiger partial charge in [0.15, 0.2) is 0 Å². The van der Waals surface area contributed by atoms with Crippen molar-refractivity contribution in [2.75, 3.05) is 0 Å². The maximum Gasteiger partial charge on any atom is 0.245 e. The normalized spacial score (nSPS) is 11.1. The molecule has 0 bridgehead atoms. The van der Waals surface area contributed by atoms with E-state index >= 15 is 0 Å². The fourth-order valence-electron chi connectivity index (χ4n) is 1.52. The van der Waals surface area contributed by atoms with Crippen LogP contribution < -0.4 is 0 Å². The molecule has 0 fully saturated rings. The molecule has 0 saturated carbocycles. The first-order valence-electron chi connectivity index (χ1n) is 5.29. The summed E-state index contributed by atoms with van der Waals surface area (Å²) in [7, 11) is 0. The maximum absolute atomic E-state index is 4.12. The van der Waals surface area contributed by atoms with Gasteiger partial charge in [0.25, 0.3) is 0 Å². The highest BCUT2D eigenvalue weighted by Crippen LogP contribution is 2.17. The van der Waals surface area contributed by atoms with E-state index in [-0.39, 0.29) is 0 Å². The van der Waals surface area contributed by atoms with Crippen molar-refractivity contribution in [2.45, 2.75) is 0 Å². The van der Waals surface area contributed by atoms with Gasteiger partial charge in [0.1, 0.15) is 17.7 Å². The smallest absolute Gasteiger partial charge is 0.244 e. The molecule has 0 amide bonds. The molecule has 3 aromatic rings. The molecule has 0 aliphatic carbocycles. The second-order valence-electron chi connectivity index (χ2n) is 3.49. The summed E-state index contributed by atoms with van der Waals surface area (Å²) in [5, 5.41) is 17.1. The summed E-state index contributed by atoms with van der Waals surface area (Å²) >= 11 is 0. The third kappa shape index (κ3) is 2.01. The minimum atomic E-state index is 0.428. The van der Waals surface area contributed by atoms with E-state index < -0.39 is 0 Å². The lowest BCUT2D eigenvalue weighted by molar-refractivity contribution is 0.939. The molecule has 2 aromatic heterocycles. The van der Waals surface area contributed by atoms with E-state index in [9.17, 15) is 0 Å². The lowest BCUT2D eigenvalue weighted by Gasteiger charge is -1.95. The summed E-state index contributed by atoms with van der Waals surface area (Å²) in [6.45, 7) is 0. The molecule has 3 rings (SSSR count). The molecule has 0 spiro atoms. The van der Waals surface area contributed by atoms with Gasteiger partial charge in [-0.3, -0.25) is 0 Å². The van der Waals surface area contributed by atoms with Gasteiger partial charge in [-0.25, -0.2) is 10.1 Å². The molecule has 0 aliphatic rings. The molecule has 7 nitrogen and oxygen atoms in total. The largest absolute Gasteiger partial charge is 0.245 e. The number of aromatic nitrogens is 6. The summed E-state index contributed by atoms with van der Waals surface area (Å²) in [4.78, 5) is 8.01. The van der Waals surface area contributed by atoms with Crippen molar-refractivity contribution in [2.24, 2.45) is 4.99 Å². The van der Waals surface area contributed by atoms with Gasteiger partial charge in [-0.05, 0) is 0 Å². The number of rotatable bonds is 3. The molecule has 0 radical (unpaired) electrons. The van der Waals surface area contributed by atoms with E-state index in [0.717, 1.165) is 11.3 Å².